The molecule has 0 aliphatic carbocycles. The van der Waals surface area contributed by atoms with Crippen LogP contribution in [-0.2, 0) is 16.0 Å². The van der Waals surface area contributed by atoms with Crippen molar-refractivity contribution in [3.63, 3.8) is 0 Å². The summed E-state index contributed by atoms with van der Waals surface area (Å²) in [6.07, 6.45) is 6.08. The third kappa shape index (κ3) is 4.43. The van der Waals surface area contributed by atoms with Gasteiger partial charge in [0.15, 0.2) is 5.70 Å². The number of allylic oxidation sites excluding steroid dienone is 2. The average molecular weight is 403 g/mol. The summed E-state index contributed by atoms with van der Waals surface area (Å²) in [5.74, 6) is -0.413. The normalized spacial score (nSPS) is 16.8. The number of aromatic nitrogens is 1. The number of carbonyl (C=O) groups excluding carboxylic acids is 1. The molecule has 29 heavy (non-hydrogen) atoms. The molecule has 2 aliphatic heterocycles. The van der Waals surface area contributed by atoms with Gasteiger partial charge in [0.25, 0.3) is 0 Å². The van der Waals surface area contributed by atoms with Crippen molar-refractivity contribution in [2.24, 2.45) is 5.11 Å². The fourth-order valence-electron chi connectivity index (χ4n) is 3.68. The number of hydrogen-bond acceptors (Lipinski definition) is 3. The van der Waals surface area contributed by atoms with E-state index in [0.29, 0.717) is 35.6 Å². The first-order valence-corrected chi connectivity index (χ1v) is 9.64. The van der Waals surface area contributed by atoms with Crippen LogP contribution in [0.25, 0.3) is 16.5 Å². The molecule has 3 heterocycles. The van der Waals surface area contributed by atoms with Crippen LogP contribution in [0.5, 0.6) is 0 Å². The smallest absolute Gasteiger partial charge is 0.460 e. The number of halogens is 2. The van der Waals surface area contributed by atoms with E-state index in [1.54, 1.807) is 51.1 Å². The fourth-order valence-corrected chi connectivity index (χ4v) is 3.68. The molecule has 0 spiro atoms. The first-order valence-electron chi connectivity index (χ1n) is 9.64. The Kier molecular flexibility index (Phi) is 5.66. The Hall–Kier alpha value is -2.87. The molecule has 0 aromatic carbocycles. The minimum Gasteiger partial charge on any atom is -0.460 e. The molecule has 0 bridgehead atoms. The summed E-state index contributed by atoms with van der Waals surface area (Å²) in [5.41, 5.74) is 9.50. The Labute approximate surface area is 168 Å². The number of ether oxygens (including phenoxy) is 1. The summed E-state index contributed by atoms with van der Waals surface area (Å²) < 4.78 is 38.4. The van der Waals surface area contributed by atoms with Gasteiger partial charge in [-0.1, -0.05) is 5.11 Å². The summed E-state index contributed by atoms with van der Waals surface area (Å²) in [4.78, 5) is 14.7. The van der Waals surface area contributed by atoms with Crippen LogP contribution < -0.4 is 0 Å². The van der Waals surface area contributed by atoms with Gasteiger partial charge < -0.3 is 22.3 Å². The topological polar surface area (TPSA) is 83.0 Å². The van der Waals surface area contributed by atoms with Crippen molar-refractivity contribution >= 4 is 24.7 Å². The van der Waals surface area contributed by atoms with Crippen molar-refractivity contribution in [3.05, 3.63) is 51.8 Å². The van der Waals surface area contributed by atoms with Crippen LogP contribution in [0.15, 0.2) is 35.1 Å². The summed E-state index contributed by atoms with van der Waals surface area (Å²) in [7, 11) is 0. The lowest BCUT2D eigenvalue weighted by molar-refractivity contribution is -0.362. The van der Waals surface area contributed by atoms with Gasteiger partial charge in [-0.2, -0.15) is 0 Å². The largest absolute Gasteiger partial charge is 0.737 e. The molecule has 0 saturated heterocycles. The Morgan fingerprint density at radius 2 is 2.07 bits per heavy atom. The summed E-state index contributed by atoms with van der Waals surface area (Å²) in [5, 5.41) is 3.46. The molecule has 0 saturated carbocycles. The van der Waals surface area contributed by atoms with Crippen LogP contribution in [0.3, 0.4) is 0 Å². The first kappa shape index (κ1) is 20.9. The van der Waals surface area contributed by atoms with E-state index in [-0.39, 0.29) is 19.4 Å². The van der Waals surface area contributed by atoms with Gasteiger partial charge in [-0.25, -0.2) is 0 Å². The second-order valence-corrected chi connectivity index (χ2v) is 8.12. The molecule has 0 unspecified atom stereocenters. The highest BCUT2D eigenvalue weighted by Gasteiger charge is 2.52. The zero-order chi connectivity index (χ0) is 21.2. The number of carbonyl (C=O) groups is 1. The Balaban J connectivity index is 1.83. The Morgan fingerprint density at radius 3 is 2.76 bits per heavy atom. The minimum absolute atomic E-state index is 0.0322. The lowest BCUT2D eigenvalue weighted by atomic mass is 9.90. The monoisotopic (exact) mass is 403 g/mol. The zero-order valence-corrected chi connectivity index (χ0v) is 16.8. The van der Waals surface area contributed by atoms with Crippen LogP contribution in [0.2, 0.25) is 0 Å². The van der Waals surface area contributed by atoms with Gasteiger partial charge >= 0.3 is 12.9 Å². The van der Waals surface area contributed by atoms with Crippen molar-refractivity contribution in [2.75, 3.05) is 6.54 Å². The van der Waals surface area contributed by atoms with Crippen molar-refractivity contribution in [1.29, 1.82) is 0 Å². The Bertz CT molecular complexity index is 966. The maximum Gasteiger partial charge on any atom is 0.737 e. The minimum atomic E-state index is -4.09. The van der Waals surface area contributed by atoms with E-state index in [1.165, 1.54) is 0 Å². The maximum atomic E-state index is 15.5. The van der Waals surface area contributed by atoms with Gasteiger partial charge in [0.05, 0.1) is 6.42 Å². The molecule has 7 nitrogen and oxygen atoms in total. The van der Waals surface area contributed by atoms with E-state index in [0.717, 1.165) is 8.96 Å². The van der Waals surface area contributed by atoms with Gasteiger partial charge in [0, 0.05) is 41.8 Å². The van der Waals surface area contributed by atoms with Crippen molar-refractivity contribution in [1.82, 2.24) is 4.48 Å². The van der Waals surface area contributed by atoms with E-state index >= 15 is 8.63 Å². The van der Waals surface area contributed by atoms with Crippen molar-refractivity contribution in [3.8, 4) is 0 Å². The summed E-state index contributed by atoms with van der Waals surface area (Å²) in [6.45, 7) is 1.48. The molecule has 10 heteroatoms. The molecule has 0 amide bonds. The summed E-state index contributed by atoms with van der Waals surface area (Å²) >= 11 is 0. The molecule has 0 atom stereocenters. The van der Waals surface area contributed by atoms with Crippen molar-refractivity contribution < 1.29 is 22.6 Å². The van der Waals surface area contributed by atoms with Gasteiger partial charge in [-0.15, -0.1) is 0 Å². The highest BCUT2D eigenvalue weighted by molar-refractivity contribution is 6.58. The molecule has 3 rings (SSSR count). The SMILES string of the molecule is CC(C)(C)OC(=O)CCC1=[N+]2C(=Cc3ccc(CCCN=[N+]=[N-])n3[B-]2(F)F)C=C1. The number of azide groups is 1. The third-order valence-electron chi connectivity index (χ3n) is 4.74. The predicted molar refractivity (Wildman–Crippen MR) is 108 cm³/mol. The number of aryl methyl sites for hydroxylation is 1. The second kappa shape index (κ2) is 7.87. The van der Waals surface area contributed by atoms with E-state index in [2.05, 4.69) is 10.0 Å². The van der Waals surface area contributed by atoms with E-state index in [9.17, 15) is 4.79 Å². The Morgan fingerprint density at radius 1 is 1.31 bits per heavy atom. The number of esters is 1. The average Bonchev–Trinajstić information content (AvgIpc) is 3.21. The first-order chi connectivity index (χ1) is 13.6. The molecular weight excluding hydrogens is 379 g/mol. The van der Waals surface area contributed by atoms with E-state index in [1.807, 2.05) is 0 Å². The van der Waals surface area contributed by atoms with Gasteiger partial charge in [-0.3, -0.25) is 4.79 Å². The van der Waals surface area contributed by atoms with Crippen molar-refractivity contribution in [2.45, 2.75) is 52.1 Å². The number of fused-ring (bicyclic) bond motifs is 2. The molecule has 0 N–H and O–H groups in total. The fraction of sp³-hybridized carbons (Fsp3) is 0.474. The second-order valence-electron chi connectivity index (χ2n) is 8.12. The van der Waals surface area contributed by atoms with Crippen LogP contribution in [-0.4, -0.2) is 39.8 Å². The molecule has 2 aliphatic rings. The number of hydrogen-bond donors (Lipinski definition) is 0. The molecule has 0 radical (unpaired) electrons. The van der Waals surface area contributed by atoms with Gasteiger partial charge in [0.2, 0.25) is 0 Å². The molecular formula is C19H24BF2N5O2. The molecule has 0 fully saturated rings. The molecule has 1 aromatic heterocycles. The lowest BCUT2D eigenvalue weighted by Gasteiger charge is -2.30. The molecule has 154 valence electrons. The lowest BCUT2D eigenvalue weighted by Crippen LogP contribution is -2.50. The van der Waals surface area contributed by atoms with Crippen LogP contribution in [0.1, 0.15) is 51.4 Å². The highest BCUT2D eigenvalue weighted by Crippen LogP contribution is 2.33. The standard InChI is InChI=1S/C19H24BF2N5O2/c1-19(2,3)29-18(28)11-10-15-7-9-17-13-16-8-6-14(5-4-12-24-25-23)26(16)20(21,22)27(15)17/h6-9,13H,4-5,10-12H2,1-3H3. The quantitative estimate of drug-likeness (QED) is 0.168. The number of nitrogens with zero attached hydrogens (tertiary/aromatic N) is 5. The number of rotatable bonds is 7. The maximum absolute atomic E-state index is 15.5. The summed E-state index contributed by atoms with van der Waals surface area (Å²) in [6, 6.07) is 3.36. The van der Waals surface area contributed by atoms with Crippen LogP contribution >= 0.6 is 0 Å². The van der Waals surface area contributed by atoms with Gasteiger partial charge in [0.1, 0.15) is 11.3 Å². The highest BCUT2D eigenvalue weighted by atomic mass is 19.2. The predicted octanol–water partition coefficient (Wildman–Crippen LogP) is 4.45. The third-order valence-corrected chi connectivity index (χ3v) is 4.74. The van der Waals surface area contributed by atoms with Crippen LogP contribution in [0.4, 0.5) is 8.63 Å². The van der Waals surface area contributed by atoms with Crippen LogP contribution in [0, 0.1) is 0 Å². The molecule has 1 aromatic rings. The van der Waals surface area contributed by atoms with Gasteiger partial charge in [-0.05, 0) is 57.0 Å². The van der Waals surface area contributed by atoms with E-state index < -0.39 is 18.5 Å². The zero-order valence-electron chi connectivity index (χ0n) is 16.8. The van der Waals surface area contributed by atoms with E-state index in [4.69, 9.17) is 10.3 Å².